The van der Waals surface area contributed by atoms with Gasteiger partial charge in [0.25, 0.3) is 0 Å². The summed E-state index contributed by atoms with van der Waals surface area (Å²) in [6.07, 6.45) is 5.37. The number of hydrogen-bond donors (Lipinski definition) is 5. The molecule has 11 heteroatoms. The smallest absolute Gasteiger partial charge is 0.245 e. The Morgan fingerprint density at radius 1 is 0.824 bits per heavy atom. The van der Waals surface area contributed by atoms with Crippen LogP contribution in [0.2, 0.25) is 0 Å². The summed E-state index contributed by atoms with van der Waals surface area (Å²) in [4.78, 5) is 59.1. The molecule has 270 valence electrons. The zero-order chi connectivity index (χ0) is 36.0. The zero-order valence-electron chi connectivity index (χ0n) is 29.3. The standard InChI is InChI=1S/C40H50N6O5/c1-28(47)43-37(27-51-26-29-12-4-2-5-13-29)39(49)44-35(18-10-11-21-41)38(48)45-36(24-32-25-42-34-17-9-8-16-33(32)34)40(50)46-22-19-31(20-23-46)30-14-6-3-7-15-30/h2-9,12-17,25,31,35-37,42H,10-11,18-24,26-27,41H2,1H3,(H,43,47)(H,44,49)(H,45,48). The maximum Gasteiger partial charge on any atom is 0.245 e. The summed E-state index contributed by atoms with van der Waals surface area (Å²) in [7, 11) is 0. The van der Waals surface area contributed by atoms with Crippen LogP contribution in [0, 0.1) is 0 Å². The number of amides is 4. The molecule has 3 unspecified atom stereocenters. The Morgan fingerprint density at radius 3 is 2.18 bits per heavy atom. The van der Waals surface area contributed by atoms with Crippen molar-refractivity contribution in [1.82, 2.24) is 25.8 Å². The number of hydrogen-bond acceptors (Lipinski definition) is 6. The van der Waals surface area contributed by atoms with Gasteiger partial charge in [-0.1, -0.05) is 78.9 Å². The number of para-hydroxylation sites is 1. The van der Waals surface area contributed by atoms with Crippen molar-refractivity contribution in [1.29, 1.82) is 0 Å². The zero-order valence-corrected chi connectivity index (χ0v) is 29.3. The predicted molar refractivity (Wildman–Crippen MR) is 197 cm³/mol. The number of piperidine rings is 1. The Labute approximate surface area is 299 Å². The van der Waals surface area contributed by atoms with Crippen molar-refractivity contribution in [2.45, 2.75) is 76.1 Å². The molecule has 1 fully saturated rings. The van der Waals surface area contributed by atoms with E-state index in [4.69, 9.17) is 10.5 Å². The van der Waals surface area contributed by atoms with Crippen molar-refractivity contribution in [2.75, 3.05) is 26.2 Å². The number of benzene rings is 3. The van der Waals surface area contributed by atoms with Gasteiger partial charge in [0.2, 0.25) is 23.6 Å². The quantitative estimate of drug-likeness (QED) is 0.105. The molecule has 1 aromatic heterocycles. The summed E-state index contributed by atoms with van der Waals surface area (Å²) in [5.74, 6) is -1.20. The van der Waals surface area contributed by atoms with Gasteiger partial charge in [0.05, 0.1) is 13.2 Å². The summed E-state index contributed by atoms with van der Waals surface area (Å²) in [5.41, 5.74) is 9.81. The first-order valence-electron chi connectivity index (χ1n) is 17.9. The van der Waals surface area contributed by atoms with Gasteiger partial charge in [0, 0.05) is 43.5 Å². The van der Waals surface area contributed by atoms with Crippen LogP contribution in [0.1, 0.15) is 61.6 Å². The maximum absolute atomic E-state index is 14.2. The molecule has 6 N–H and O–H groups in total. The molecule has 1 aliphatic heterocycles. The molecule has 0 radical (unpaired) electrons. The minimum Gasteiger partial charge on any atom is -0.374 e. The summed E-state index contributed by atoms with van der Waals surface area (Å²) < 4.78 is 5.79. The number of ether oxygens (including phenoxy) is 1. The molecule has 0 aliphatic carbocycles. The van der Waals surface area contributed by atoms with Gasteiger partial charge in [0.15, 0.2) is 0 Å². The van der Waals surface area contributed by atoms with E-state index >= 15 is 0 Å². The molecule has 3 aromatic carbocycles. The number of carbonyl (C=O) groups is 4. The molecule has 4 amide bonds. The Morgan fingerprint density at radius 2 is 1.47 bits per heavy atom. The number of nitrogens with two attached hydrogens (primary N) is 1. The summed E-state index contributed by atoms with van der Waals surface area (Å²) in [5, 5.41) is 9.51. The third-order valence-electron chi connectivity index (χ3n) is 9.46. The van der Waals surface area contributed by atoms with Gasteiger partial charge in [-0.25, -0.2) is 0 Å². The van der Waals surface area contributed by atoms with Gasteiger partial charge in [-0.15, -0.1) is 0 Å². The average Bonchev–Trinajstić information content (AvgIpc) is 3.56. The Bertz CT molecular complexity index is 1720. The van der Waals surface area contributed by atoms with Crippen LogP contribution < -0.4 is 21.7 Å². The van der Waals surface area contributed by atoms with Gasteiger partial charge in [0.1, 0.15) is 18.1 Å². The van der Waals surface area contributed by atoms with E-state index in [-0.39, 0.29) is 25.5 Å². The van der Waals surface area contributed by atoms with Crippen LogP contribution >= 0.6 is 0 Å². The number of unbranched alkanes of at least 4 members (excludes halogenated alkanes) is 1. The number of likely N-dealkylation sites (tertiary alicyclic amines) is 1. The molecule has 3 atom stereocenters. The van der Waals surface area contributed by atoms with E-state index in [1.54, 1.807) is 0 Å². The highest BCUT2D eigenvalue weighted by Crippen LogP contribution is 2.28. The fourth-order valence-corrected chi connectivity index (χ4v) is 6.70. The Kier molecular flexibility index (Phi) is 13.8. The Balaban J connectivity index is 1.31. The highest BCUT2D eigenvalue weighted by molar-refractivity contribution is 5.94. The monoisotopic (exact) mass is 694 g/mol. The number of nitrogens with one attached hydrogen (secondary N) is 4. The molecule has 0 bridgehead atoms. The topological polar surface area (TPSA) is 159 Å². The lowest BCUT2D eigenvalue weighted by Crippen LogP contribution is -2.58. The normalized spacial score (nSPS) is 15.1. The fourth-order valence-electron chi connectivity index (χ4n) is 6.70. The number of aromatic nitrogens is 1. The molecular formula is C40H50N6O5. The summed E-state index contributed by atoms with van der Waals surface area (Å²) in [6.45, 7) is 3.09. The summed E-state index contributed by atoms with van der Waals surface area (Å²) in [6, 6.07) is 24.9. The molecule has 4 aromatic rings. The van der Waals surface area contributed by atoms with Crippen LogP contribution in [-0.2, 0) is 36.9 Å². The SMILES string of the molecule is CC(=O)NC(COCc1ccccc1)C(=O)NC(CCCCN)C(=O)NC(Cc1c[nH]c2ccccc12)C(=O)N1CCC(c2ccccc2)CC1. The molecular weight excluding hydrogens is 644 g/mol. The number of carbonyl (C=O) groups excluding carboxylic acids is 4. The lowest BCUT2D eigenvalue weighted by molar-refractivity contribution is -0.138. The minimum absolute atomic E-state index is 0.0853. The second-order valence-electron chi connectivity index (χ2n) is 13.2. The van der Waals surface area contributed by atoms with E-state index < -0.39 is 35.8 Å². The number of H-pyrrole nitrogens is 1. The van der Waals surface area contributed by atoms with Crippen molar-refractivity contribution in [3.05, 3.63) is 108 Å². The van der Waals surface area contributed by atoms with E-state index in [0.717, 1.165) is 34.9 Å². The molecule has 1 saturated heterocycles. The van der Waals surface area contributed by atoms with Gasteiger partial charge < -0.3 is 36.3 Å². The first-order valence-corrected chi connectivity index (χ1v) is 17.9. The second kappa shape index (κ2) is 18.8. The molecule has 11 nitrogen and oxygen atoms in total. The summed E-state index contributed by atoms with van der Waals surface area (Å²) >= 11 is 0. The number of rotatable bonds is 17. The molecule has 2 heterocycles. The Hall–Kier alpha value is -5.00. The average molecular weight is 695 g/mol. The molecule has 1 aliphatic rings. The van der Waals surface area contributed by atoms with E-state index in [9.17, 15) is 19.2 Å². The third kappa shape index (κ3) is 10.7. The lowest BCUT2D eigenvalue weighted by atomic mass is 9.89. The van der Waals surface area contributed by atoms with E-state index in [1.165, 1.54) is 12.5 Å². The number of aromatic amines is 1. The number of fused-ring (bicyclic) bond motifs is 1. The first kappa shape index (κ1) is 37.3. The van der Waals surface area contributed by atoms with E-state index in [0.29, 0.717) is 44.8 Å². The van der Waals surface area contributed by atoms with E-state index in [1.807, 2.05) is 83.9 Å². The van der Waals surface area contributed by atoms with Crippen LogP contribution in [0.4, 0.5) is 0 Å². The van der Waals surface area contributed by atoms with E-state index in [2.05, 4.69) is 33.1 Å². The minimum atomic E-state index is -1.02. The van der Waals surface area contributed by atoms with Gasteiger partial charge in [-0.2, -0.15) is 0 Å². The highest BCUT2D eigenvalue weighted by atomic mass is 16.5. The number of nitrogens with zero attached hydrogens (tertiary/aromatic N) is 1. The van der Waals surface area contributed by atoms with Crippen LogP contribution in [0.3, 0.4) is 0 Å². The van der Waals surface area contributed by atoms with Crippen LogP contribution in [0.25, 0.3) is 10.9 Å². The van der Waals surface area contributed by atoms with Gasteiger partial charge >= 0.3 is 0 Å². The van der Waals surface area contributed by atoms with Crippen molar-refractivity contribution in [3.8, 4) is 0 Å². The van der Waals surface area contributed by atoms with Crippen molar-refractivity contribution >= 4 is 34.5 Å². The van der Waals surface area contributed by atoms with Gasteiger partial charge in [-0.3, -0.25) is 19.2 Å². The van der Waals surface area contributed by atoms with Crippen molar-refractivity contribution < 1.29 is 23.9 Å². The maximum atomic E-state index is 14.2. The van der Waals surface area contributed by atoms with Crippen LogP contribution in [0.5, 0.6) is 0 Å². The van der Waals surface area contributed by atoms with Gasteiger partial charge in [-0.05, 0) is 67.3 Å². The second-order valence-corrected chi connectivity index (χ2v) is 13.2. The van der Waals surface area contributed by atoms with Crippen molar-refractivity contribution in [2.24, 2.45) is 5.73 Å². The van der Waals surface area contributed by atoms with Crippen LogP contribution in [0.15, 0.2) is 91.1 Å². The molecule has 0 spiro atoms. The largest absolute Gasteiger partial charge is 0.374 e. The third-order valence-corrected chi connectivity index (χ3v) is 9.46. The molecule has 0 saturated carbocycles. The van der Waals surface area contributed by atoms with Crippen LogP contribution in [-0.4, -0.2) is 77.9 Å². The van der Waals surface area contributed by atoms with Crippen molar-refractivity contribution in [3.63, 3.8) is 0 Å². The fraction of sp³-hybridized carbons (Fsp3) is 0.400. The highest BCUT2D eigenvalue weighted by Gasteiger charge is 2.33. The molecule has 5 rings (SSSR count). The predicted octanol–water partition coefficient (Wildman–Crippen LogP) is 3.94. The molecule has 51 heavy (non-hydrogen) atoms. The lowest BCUT2D eigenvalue weighted by Gasteiger charge is -2.35. The first-order chi connectivity index (χ1) is 24.8.